The Kier molecular flexibility index (Phi) is 4.18. The molecule has 0 aromatic heterocycles. The van der Waals surface area contributed by atoms with Gasteiger partial charge in [0.25, 0.3) is 0 Å². The molecule has 2 atom stereocenters. The Morgan fingerprint density at radius 1 is 1.47 bits per heavy atom. The Bertz CT molecular complexity index is 398. The topological polar surface area (TPSA) is 41.1 Å². The minimum Gasteiger partial charge on any atom is -0.355 e. The molecule has 1 aliphatic rings. The smallest absolute Gasteiger partial charge is 0.220 e. The summed E-state index contributed by atoms with van der Waals surface area (Å²) in [6.07, 6.45) is 1.54. The summed E-state index contributed by atoms with van der Waals surface area (Å²) in [6, 6.07) is 8.88. The van der Waals surface area contributed by atoms with Crippen LogP contribution in [0.5, 0.6) is 0 Å². The van der Waals surface area contributed by atoms with Gasteiger partial charge in [-0.25, -0.2) is 0 Å². The Morgan fingerprint density at radius 3 is 2.88 bits per heavy atom. The van der Waals surface area contributed by atoms with Gasteiger partial charge in [-0.05, 0) is 25.0 Å². The van der Waals surface area contributed by atoms with Crippen LogP contribution in [-0.4, -0.2) is 18.5 Å². The molecule has 1 aromatic rings. The Labute approximate surface area is 110 Å². The van der Waals surface area contributed by atoms with Gasteiger partial charge in [0.2, 0.25) is 5.91 Å². The number of hydrogen-bond acceptors (Lipinski definition) is 2. The van der Waals surface area contributed by atoms with Crippen LogP contribution in [0.3, 0.4) is 0 Å². The van der Waals surface area contributed by atoms with Gasteiger partial charge in [-0.1, -0.05) is 34.1 Å². The summed E-state index contributed by atoms with van der Waals surface area (Å²) in [5.74, 6) is 0.164. The Balaban J connectivity index is 1.95. The second-order valence-electron chi connectivity index (χ2n) is 4.45. The molecule has 92 valence electrons. The van der Waals surface area contributed by atoms with E-state index in [1.807, 2.05) is 12.1 Å². The van der Waals surface area contributed by atoms with E-state index >= 15 is 0 Å². The monoisotopic (exact) mass is 296 g/mol. The molecule has 0 bridgehead atoms. The molecule has 1 aromatic carbocycles. The summed E-state index contributed by atoms with van der Waals surface area (Å²) in [5.41, 5.74) is 1.25. The fourth-order valence-electron chi connectivity index (χ4n) is 2.14. The molecule has 4 heteroatoms. The zero-order chi connectivity index (χ0) is 12.3. The van der Waals surface area contributed by atoms with Gasteiger partial charge >= 0.3 is 0 Å². The van der Waals surface area contributed by atoms with Gasteiger partial charge in [0.1, 0.15) is 0 Å². The average molecular weight is 297 g/mol. The van der Waals surface area contributed by atoms with Gasteiger partial charge < -0.3 is 10.6 Å². The maximum atomic E-state index is 11.1. The number of carbonyl (C=O) groups excluding carboxylic acids is 1. The molecule has 0 spiro atoms. The van der Waals surface area contributed by atoms with E-state index in [1.54, 1.807) is 0 Å². The molecule has 2 N–H and O–H groups in total. The first-order valence-electron chi connectivity index (χ1n) is 5.94. The number of halogens is 1. The predicted molar refractivity (Wildman–Crippen MR) is 71.7 cm³/mol. The van der Waals surface area contributed by atoms with Crippen molar-refractivity contribution in [2.45, 2.75) is 31.8 Å². The molecule has 1 heterocycles. The first-order chi connectivity index (χ1) is 8.16. The molecule has 2 rings (SSSR count). The largest absolute Gasteiger partial charge is 0.355 e. The lowest BCUT2D eigenvalue weighted by atomic mass is 10.0. The minimum atomic E-state index is 0.164. The molecule has 1 aliphatic heterocycles. The highest BCUT2D eigenvalue weighted by Gasteiger charge is 2.20. The van der Waals surface area contributed by atoms with Gasteiger partial charge in [0.15, 0.2) is 0 Å². The number of piperidine rings is 1. The van der Waals surface area contributed by atoms with E-state index in [9.17, 15) is 4.79 Å². The molecule has 17 heavy (non-hydrogen) atoms. The molecule has 2 unspecified atom stereocenters. The standard InChI is InChI=1S/C13H17BrN2O/c1-9(11-4-2-3-5-12(11)14)16-10-6-7-13(17)15-8-10/h2-5,9-10,16H,6-8H2,1H3,(H,15,17). The third-order valence-corrected chi connectivity index (χ3v) is 3.85. The lowest BCUT2D eigenvalue weighted by molar-refractivity contribution is -0.122. The molecule has 1 amide bonds. The van der Waals surface area contributed by atoms with Crippen molar-refractivity contribution in [3.63, 3.8) is 0 Å². The van der Waals surface area contributed by atoms with E-state index in [0.29, 0.717) is 12.5 Å². The molecular formula is C13H17BrN2O. The van der Waals surface area contributed by atoms with E-state index in [1.165, 1.54) is 5.56 Å². The third-order valence-electron chi connectivity index (χ3n) is 3.12. The maximum Gasteiger partial charge on any atom is 0.220 e. The quantitative estimate of drug-likeness (QED) is 0.899. The van der Waals surface area contributed by atoms with Crippen LogP contribution >= 0.6 is 15.9 Å². The van der Waals surface area contributed by atoms with Crippen LogP contribution in [0.1, 0.15) is 31.4 Å². The van der Waals surface area contributed by atoms with E-state index in [-0.39, 0.29) is 11.9 Å². The number of benzene rings is 1. The lowest BCUT2D eigenvalue weighted by Gasteiger charge is -2.27. The van der Waals surface area contributed by atoms with Crippen molar-refractivity contribution in [2.24, 2.45) is 0 Å². The van der Waals surface area contributed by atoms with Gasteiger partial charge in [0, 0.05) is 29.5 Å². The average Bonchev–Trinajstić information content (AvgIpc) is 2.32. The van der Waals surface area contributed by atoms with Gasteiger partial charge in [-0.15, -0.1) is 0 Å². The first kappa shape index (κ1) is 12.6. The summed E-state index contributed by atoms with van der Waals surface area (Å²) in [6.45, 7) is 2.88. The zero-order valence-corrected chi connectivity index (χ0v) is 11.5. The van der Waals surface area contributed by atoms with Gasteiger partial charge in [0.05, 0.1) is 0 Å². The fourth-order valence-corrected chi connectivity index (χ4v) is 2.77. The van der Waals surface area contributed by atoms with Crippen LogP contribution in [-0.2, 0) is 4.79 Å². The second kappa shape index (κ2) is 5.65. The van der Waals surface area contributed by atoms with Gasteiger partial charge in [-0.3, -0.25) is 4.79 Å². The number of carbonyl (C=O) groups is 1. The fraction of sp³-hybridized carbons (Fsp3) is 0.462. The van der Waals surface area contributed by atoms with Crippen molar-refractivity contribution >= 4 is 21.8 Å². The van der Waals surface area contributed by atoms with E-state index in [0.717, 1.165) is 17.4 Å². The molecule has 1 saturated heterocycles. The summed E-state index contributed by atoms with van der Waals surface area (Å²) < 4.78 is 1.12. The molecule has 0 saturated carbocycles. The van der Waals surface area contributed by atoms with Crippen molar-refractivity contribution in [3.8, 4) is 0 Å². The predicted octanol–water partition coefficient (Wildman–Crippen LogP) is 2.38. The van der Waals surface area contributed by atoms with Crippen molar-refractivity contribution < 1.29 is 4.79 Å². The minimum absolute atomic E-state index is 0.164. The number of nitrogens with one attached hydrogen (secondary N) is 2. The SMILES string of the molecule is CC(NC1CCC(=O)NC1)c1ccccc1Br. The van der Waals surface area contributed by atoms with Crippen molar-refractivity contribution in [3.05, 3.63) is 34.3 Å². The van der Waals surface area contributed by atoms with E-state index in [2.05, 4.69) is 45.6 Å². The van der Waals surface area contributed by atoms with Crippen LogP contribution < -0.4 is 10.6 Å². The zero-order valence-electron chi connectivity index (χ0n) is 9.87. The summed E-state index contributed by atoms with van der Waals surface area (Å²) in [4.78, 5) is 11.1. The van der Waals surface area contributed by atoms with Crippen molar-refractivity contribution in [2.75, 3.05) is 6.54 Å². The molecule has 0 radical (unpaired) electrons. The van der Waals surface area contributed by atoms with Crippen LogP contribution in [0.2, 0.25) is 0 Å². The third kappa shape index (κ3) is 3.30. The molecule has 1 fully saturated rings. The molecule has 3 nitrogen and oxygen atoms in total. The van der Waals surface area contributed by atoms with Crippen LogP contribution in [0.25, 0.3) is 0 Å². The van der Waals surface area contributed by atoms with Crippen molar-refractivity contribution in [1.82, 2.24) is 10.6 Å². The van der Waals surface area contributed by atoms with Crippen LogP contribution in [0.4, 0.5) is 0 Å². The highest BCUT2D eigenvalue weighted by atomic mass is 79.9. The normalized spacial score (nSPS) is 22.0. The Hall–Kier alpha value is -0.870. The van der Waals surface area contributed by atoms with Gasteiger partial charge in [-0.2, -0.15) is 0 Å². The summed E-state index contributed by atoms with van der Waals surface area (Å²) in [5, 5.41) is 6.44. The van der Waals surface area contributed by atoms with Crippen LogP contribution in [0.15, 0.2) is 28.7 Å². The maximum absolute atomic E-state index is 11.1. The van der Waals surface area contributed by atoms with Crippen LogP contribution in [0, 0.1) is 0 Å². The second-order valence-corrected chi connectivity index (χ2v) is 5.30. The number of rotatable bonds is 3. The van der Waals surface area contributed by atoms with E-state index < -0.39 is 0 Å². The van der Waals surface area contributed by atoms with Crippen molar-refractivity contribution in [1.29, 1.82) is 0 Å². The highest BCUT2D eigenvalue weighted by Crippen LogP contribution is 2.23. The van der Waals surface area contributed by atoms with E-state index in [4.69, 9.17) is 0 Å². The lowest BCUT2D eigenvalue weighted by Crippen LogP contribution is -2.46. The molecule has 0 aliphatic carbocycles. The Morgan fingerprint density at radius 2 is 2.24 bits per heavy atom. The number of amides is 1. The highest BCUT2D eigenvalue weighted by molar-refractivity contribution is 9.10. The number of hydrogen-bond donors (Lipinski definition) is 2. The summed E-state index contributed by atoms with van der Waals surface area (Å²) in [7, 11) is 0. The molecular weight excluding hydrogens is 280 g/mol. The first-order valence-corrected chi connectivity index (χ1v) is 6.73. The summed E-state index contributed by atoms with van der Waals surface area (Å²) >= 11 is 3.56.